The first-order chi connectivity index (χ1) is 14.8. The van der Waals surface area contributed by atoms with Crippen LogP contribution in [0, 0.1) is 0 Å². The molecule has 0 aromatic heterocycles. The number of ketones is 1. The maximum atomic E-state index is 13.3. The van der Waals surface area contributed by atoms with E-state index in [0.717, 1.165) is 4.31 Å². The molecule has 0 saturated heterocycles. The fourth-order valence-corrected chi connectivity index (χ4v) is 5.44. The van der Waals surface area contributed by atoms with Gasteiger partial charge in [0.2, 0.25) is 10.0 Å². The van der Waals surface area contributed by atoms with Crippen molar-refractivity contribution < 1.29 is 27.5 Å². The van der Waals surface area contributed by atoms with Gasteiger partial charge in [0.15, 0.2) is 5.78 Å². The van der Waals surface area contributed by atoms with Gasteiger partial charge in [0, 0.05) is 25.2 Å². The molecule has 2 heterocycles. The van der Waals surface area contributed by atoms with Gasteiger partial charge in [-0.15, -0.1) is 0 Å². The number of fused-ring (bicyclic) bond motifs is 1. The Bertz CT molecular complexity index is 1210. The first-order valence-corrected chi connectivity index (χ1v) is 11.0. The van der Waals surface area contributed by atoms with Crippen LogP contribution in [0.25, 0.3) is 0 Å². The van der Waals surface area contributed by atoms with E-state index in [0.29, 0.717) is 16.8 Å². The lowest BCUT2D eigenvalue weighted by molar-refractivity contribution is -0.145. The van der Waals surface area contributed by atoms with Crippen molar-refractivity contribution in [2.24, 2.45) is 0 Å². The van der Waals surface area contributed by atoms with Crippen LogP contribution in [0.15, 0.2) is 81.9 Å². The van der Waals surface area contributed by atoms with E-state index in [-0.39, 0.29) is 35.1 Å². The summed E-state index contributed by atoms with van der Waals surface area (Å²) >= 11 is 0. The summed E-state index contributed by atoms with van der Waals surface area (Å²) in [7, 11) is -1.24. The molecule has 0 spiro atoms. The number of benzene rings is 1. The Morgan fingerprint density at radius 3 is 2.48 bits per heavy atom. The van der Waals surface area contributed by atoms with Gasteiger partial charge < -0.3 is 9.64 Å². The number of Topliss-reactive ketones (excluding diaryl/α,β-unsaturated/α-hetero) is 1. The van der Waals surface area contributed by atoms with E-state index in [1.165, 1.54) is 30.2 Å². The van der Waals surface area contributed by atoms with Crippen molar-refractivity contribution in [2.75, 3.05) is 20.7 Å². The van der Waals surface area contributed by atoms with E-state index in [1.807, 2.05) is 0 Å². The number of ether oxygens (including phenoxy) is 1. The average molecular weight is 440 g/mol. The summed E-state index contributed by atoms with van der Waals surface area (Å²) in [4.78, 5) is 38.7. The molecule has 1 aromatic rings. The monoisotopic (exact) mass is 440 g/mol. The van der Waals surface area contributed by atoms with Gasteiger partial charge in [-0.2, -0.15) is 4.31 Å². The standard InChI is InChI=1S/C22H20N2O6S/c1-23-18-11-9-16(21(26)17(18)12-20(23)25)14-8-10-19(22(27)30-2)24(13-14)31(28,29)15-6-4-3-5-7-15/h3-9,11-12,19H,10,13H2,1-2H3. The first-order valence-electron chi connectivity index (χ1n) is 9.56. The highest BCUT2D eigenvalue weighted by atomic mass is 32.2. The van der Waals surface area contributed by atoms with Gasteiger partial charge in [-0.25, -0.2) is 8.42 Å². The van der Waals surface area contributed by atoms with Crippen molar-refractivity contribution in [3.05, 3.63) is 77.1 Å². The minimum atomic E-state index is -4.03. The zero-order valence-corrected chi connectivity index (χ0v) is 17.8. The first kappa shape index (κ1) is 21.0. The Morgan fingerprint density at radius 2 is 1.81 bits per heavy atom. The number of hydrogen-bond acceptors (Lipinski definition) is 6. The van der Waals surface area contributed by atoms with Crippen LogP contribution >= 0.6 is 0 Å². The van der Waals surface area contributed by atoms with Crippen LogP contribution in [0.3, 0.4) is 0 Å². The van der Waals surface area contributed by atoms with Gasteiger partial charge >= 0.3 is 5.97 Å². The molecule has 9 heteroatoms. The third kappa shape index (κ3) is 3.45. The van der Waals surface area contributed by atoms with Gasteiger partial charge in [-0.3, -0.25) is 14.4 Å². The summed E-state index contributed by atoms with van der Waals surface area (Å²) in [6.45, 7) is -0.172. The molecular formula is C22H20N2O6S. The van der Waals surface area contributed by atoms with Gasteiger partial charge in [-0.1, -0.05) is 24.3 Å². The molecule has 1 amide bonds. The summed E-state index contributed by atoms with van der Waals surface area (Å²) in [5.41, 5.74) is 1.56. The maximum Gasteiger partial charge on any atom is 0.324 e. The topological polar surface area (TPSA) is 101 Å². The van der Waals surface area contributed by atoms with Gasteiger partial charge in [-0.05, 0) is 36.3 Å². The zero-order chi connectivity index (χ0) is 22.3. The van der Waals surface area contributed by atoms with E-state index in [9.17, 15) is 22.8 Å². The van der Waals surface area contributed by atoms with Crippen molar-refractivity contribution in [3.63, 3.8) is 0 Å². The second-order valence-electron chi connectivity index (χ2n) is 7.28. The molecule has 0 radical (unpaired) electrons. The number of rotatable bonds is 4. The largest absolute Gasteiger partial charge is 0.468 e. The Kier molecular flexibility index (Phi) is 5.24. The summed E-state index contributed by atoms with van der Waals surface area (Å²) in [6.07, 6.45) is 6.27. The molecular weight excluding hydrogens is 420 g/mol. The number of sulfonamides is 1. The van der Waals surface area contributed by atoms with E-state index < -0.39 is 22.0 Å². The van der Waals surface area contributed by atoms with Crippen molar-refractivity contribution in [3.8, 4) is 0 Å². The second kappa shape index (κ2) is 7.75. The highest BCUT2D eigenvalue weighted by Crippen LogP contribution is 2.35. The highest BCUT2D eigenvalue weighted by molar-refractivity contribution is 7.89. The van der Waals surface area contributed by atoms with Gasteiger partial charge in [0.25, 0.3) is 5.91 Å². The number of carbonyl (C=O) groups excluding carboxylic acids is 3. The number of esters is 1. The summed E-state index contributed by atoms with van der Waals surface area (Å²) < 4.78 is 32.5. The number of hydrogen-bond donors (Lipinski definition) is 0. The van der Waals surface area contributed by atoms with Crippen LogP contribution in [0.1, 0.15) is 6.42 Å². The SMILES string of the molecule is COC(=O)C1CC=C(C2=CC=C3C(=CC(=O)N3C)C2=O)CN1S(=O)(=O)c1ccccc1. The van der Waals surface area contributed by atoms with Crippen LogP contribution in [0.5, 0.6) is 0 Å². The van der Waals surface area contributed by atoms with Crippen LogP contribution in [0.4, 0.5) is 0 Å². The Labute approximate surface area is 179 Å². The molecule has 1 unspecified atom stereocenters. The molecule has 4 rings (SSSR count). The van der Waals surface area contributed by atoms with Crippen LogP contribution < -0.4 is 0 Å². The molecule has 1 aliphatic carbocycles. The molecule has 1 atom stereocenters. The lowest BCUT2D eigenvalue weighted by atomic mass is 9.88. The highest BCUT2D eigenvalue weighted by Gasteiger charge is 2.41. The molecule has 31 heavy (non-hydrogen) atoms. The number of amides is 1. The second-order valence-corrected chi connectivity index (χ2v) is 9.17. The Hall–Kier alpha value is -3.30. The number of carbonyl (C=O) groups is 3. The summed E-state index contributed by atoms with van der Waals surface area (Å²) in [5, 5.41) is 0. The normalized spacial score (nSPS) is 21.7. The Balaban J connectivity index is 1.73. The molecule has 1 aromatic carbocycles. The quantitative estimate of drug-likeness (QED) is 0.655. The summed E-state index contributed by atoms with van der Waals surface area (Å²) in [5.74, 6) is -1.32. The minimum absolute atomic E-state index is 0.0435. The van der Waals surface area contributed by atoms with Gasteiger partial charge in [0.1, 0.15) is 6.04 Å². The predicted octanol–water partition coefficient (Wildman–Crippen LogP) is 1.34. The zero-order valence-electron chi connectivity index (χ0n) is 16.9. The van der Waals surface area contributed by atoms with Crippen molar-refractivity contribution in [1.29, 1.82) is 0 Å². The minimum Gasteiger partial charge on any atom is -0.468 e. The lowest BCUT2D eigenvalue weighted by Crippen LogP contribution is -2.48. The molecule has 2 aliphatic heterocycles. The number of nitrogens with zero attached hydrogens (tertiary/aromatic N) is 2. The molecule has 8 nitrogen and oxygen atoms in total. The molecule has 0 fully saturated rings. The smallest absolute Gasteiger partial charge is 0.324 e. The fraction of sp³-hybridized carbons (Fsp3) is 0.227. The van der Waals surface area contributed by atoms with Gasteiger partial charge in [0.05, 0.1) is 23.3 Å². The van der Waals surface area contributed by atoms with E-state index >= 15 is 0 Å². The van der Waals surface area contributed by atoms with Crippen molar-refractivity contribution in [1.82, 2.24) is 9.21 Å². The third-order valence-corrected chi connectivity index (χ3v) is 7.43. The fourth-order valence-electron chi connectivity index (χ4n) is 3.85. The number of likely N-dealkylation sites (N-methyl/N-ethyl adjacent to an activating group) is 1. The molecule has 160 valence electrons. The molecule has 0 N–H and O–H groups in total. The predicted molar refractivity (Wildman–Crippen MR) is 111 cm³/mol. The van der Waals surface area contributed by atoms with Crippen LogP contribution in [-0.4, -0.2) is 62.0 Å². The van der Waals surface area contributed by atoms with Crippen LogP contribution in [0.2, 0.25) is 0 Å². The summed E-state index contributed by atoms with van der Waals surface area (Å²) in [6, 6.07) is 6.75. The number of methoxy groups -OCH3 is 1. The molecule has 3 aliphatic rings. The maximum absolute atomic E-state index is 13.3. The Morgan fingerprint density at radius 1 is 1.10 bits per heavy atom. The van der Waals surface area contributed by atoms with E-state index in [1.54, 1.807) is 43.5 Å². The molecule has 0 bridgehead atoms. The lowest BCUT2D eigenvalue weighted by Gasteiger charge is -2.33. The van der Waals surface area contributed by atoms with E-state index in [2.05, 4.69) is 0 Å². The average Bonchev–Trinajstić information content (AvgIpc) is 3.08. The van der Waals surface area contributed by atoms with Crippen molar-refractivity contribution >= 4 is 27.7 Å². The van der Waals surface area contributed by atoms with Crippen LogP contribution in [-0.2, 0) is 29.1 Å². The third-order valence-electron chi connectivity index (χ3n) is 5.56. The molecule has 0 saturated carbocycles. The van der Waals surface area contributed by atoms with Crippen molar-refractivity contribution in [2.45, 2.75) is 17.4 Å². The van der Waals surface area contributed by atoms with E-state index in [4.69, 9.17) is 4.74 Å². The number of allylic oxidation sites excluding steroid dienone is 3.